The molecular formula is C17H17BrN2. The van der Waals surface area contributed by atoms with Crippen LogP contribution < -0.4 is 5.32 Å². The van der Waals surface area contributed by atoms with E-state index in [1.807, 2.05) is 36.4 Å². The van der Waals surface area contributed by atoms with Crippen molar-refractivity contribution >= 4 is 27.3 Å². The number of para-hydroxylation sites is 1. The molecule has 102 valence electrons. The normalized spacial score (nSPS) is 10.9. The highest BCUT2D eigenvalue weighted by Gasteiger charge is 2.17. The molecule has 1 N–H and O–H groups in total. The van der Waals surface area contributed by atoms with Gasteiger partial charge in [0.05, 0.1) is 11.3 Å². The minimum Gasteiger partial charge on any atom is -0.354 e. The SMILES string of the molecule is CC(C)(C)c1ccccc1Nc1ccc(Br)cc1C#N. The largest absolute Gasteiger partial charge is 0.354 e. The topological polar surface area (TPSA) is 35.8 Å². The van der Waals surface area contributed by atoms with Crippen LogP contribution in [0.4, 0.5) is 11.4 Å². The average Bonchev–Trinajstić information content (AvgIpc) is 2.40. The summed E-state index contributed by atoms with van der Waals surface area (Å²) in [6.45, 7) is 6.54. The number of nitrogens with zero attached hydrogens (tertiary/aromatic N) is 1. The van der Waals surface area contributed by atoms with Gasteiger partial charge in [0.1, 0.15) is 6.07 Å². The van der Waals surface area contributed by atoms with Gasteiger partial charge in [-0.2, -0.15) is 5.26 Å². The Hall–Kier alpha value is -1.79. The molecule has 2 aromatic rings. The van der Waals surface area contributed by atoms with E-state index in [2.05, 4.69) is 54.2 Å². The molecule has 0 aliphatic heterocycles. The van der Waals surface area contributed by atoms with Gasteiger partial charge in [-0.1, -0.05) is 54.9 Å². The van der Waals surface area contributed by atoms with Crippen LogP contribution in [0.1, 0.15) is 31.9 Å². The van der Waals surface area contributed by atoms with Crippen LogP contribution >= 0.6 is 15.9 Å². The van der Waals surface area contributed by atoms with Crippen LogP contribution in [0.2, 0.25) is 0 Å². The second-order valence-electron chi connectivity index (χ2n) is 5.72. The molecule has 0 radical (unpaired) electrons. The van der Waals surface area contributed by atoms with Crippen LogP contribution in [0.15, 0.2) is 46.9 Å². The minimum atomic E-state index is 0.0474. The molecule has 0 spiro atoms. The maximum absolute atomic E-state index is 9.24. The molecule has 3 heteroatoms. The molecule has 0 saturated heterocycles. The predicted molar refractivity (Wildman–Crippen MR) is 87.3 cm³/mol. The van der Waals surface area contributed by atoms with Crippen LogP contribution in [0.3, 0.4) is 0 Å². The molecule has 2 rings (SSSR count). The molecule has 0 bridgehead atoms. The molecule has 0 unspecified atom stereocenters. The number of halogens is 1. The fourth-order valence-electron chi connectivity index (χ4n) is 2.11. The second kappa shape index (κ2) is 5.68. The average molecular weight is 329 g/mol. The predicted octanol–water partition coefficient (Wildman–Crippen LogP) is 5.36. The molecule has 2 nitrogen and oxygen atoms in total. The Bertz CT molecular complexity index is 663. The summed E-state index contributed by atoms with van der Waals surface area (Å²) in [5.74, 6) is 0. The van der Waals surface area contributed by atoms with Gasteiger partial charge in [-0.15, -0.1) is 0 Å². The molecule has 0 aliphatic rings. The smallest absolute Gasteiger partial charge is 0.101 e. The number of hydrogen-bond acceptors (Lipinski definition) is 2. The van der Waals surface area contributed by atoms with Gasteiger partial charge >= 0.3 is 0 Å². The number of anilines is 2. The van der Waals surface area contributed by atoms with E-state index in [-0.39, 0.29) is 5.41 Å². The van der Waals surface area contributed by atoms with E-state index in [1.165, 1.54) is 5.56 Å². The number of nitrogens with one attached hydrogen (secondary N) is 1. The van der Waals surface area contributed by atoms with E-state index < -0.39 is 0 Å². The molecule has 0 aliphatic carbocycles. The van der Waals surface area contributed by atoms with Crippen LogP contribution in [0, 0.1) is 11.3 Å². The van der Waals surface area contributed by atoms with E-state index in [9.17, 15) is 5.26 Å². The summed E-state index contributed by atoms with van der Waals surface area (Å²) in [4.78, 5) is 0. The first-order valence-corrected chi connectivity index (χ1v) is 7.27. The summed E-state index contributed by atoms with van der Waals surface area (Å²) >= 11 is 3.39. The molecule has 0 aromatic heterocycles. The summed E-state index contributed by atoms with van der Waals surface area (Å²) in [6, 6.07) is 16.1. The van der Waals surface area contributed by atoms with Crippen LogP contribution in [0.5, 0.6) is 0 Å². The fourth-order valence-corrected chi connectivity index (χ4v) is 2.47. The van der Waals surface area contributed by atoms with Gasteiger partial charge in [0.15, 0.2) is 0 Å². The van der Waals surface area contributed by atoms with Crippen molar-refractivity contribution in [2.45, 2.75) is 26.2 Å². The van der Waals surface area contributed by atoms with Crippen molar-refractivity contribution in [3.05, 3.63) is 58.1 Å². The molecule has 2 aromatic carbocycles. The highest BCUT2D eigenvalue weighted by atomic mass is 79.9. The minimum absolute atomic E-state index is 0.0474. The summed E-state index contributed by atoms with van der Waals surface area (Å²) in [7, 11) is 0. The van der Waals surface area contributed by atoms with Gasteiger partial charge in [-0.25, -0.2) is 0 Å². The van der Waals surface area contributed by atoms with E-state index in [0.717, 1.165) is 15.8 Å². The number of rotatable bonds is 2. The fraction of sp³-hybridized carbons (Fsp3) is 0.235. The van der Waals surface area contributed by atoms with Crippen molar-refractivity contribution in [1.29, 1.82) is 5.26 Å². The third kappa shape index (κ3) is 3.20. The first-order valence-electron chi connectivity index (χ1n) is 6.48. The van der Waals surface area contributed by atoms with Crippen LogP contribution in [0.25, 0.3) is 0 Å². The Balaban J connectivity index is 2.44. The molecule has 0 fully saturated rings. The standard InChI is InChI=1S/C17H17BrN2/c1-17(2,3)14-6-4-5-7-16(14)20-15-9-8-13(18)10-12(15)11-19/h4-10,20H,1-3H3. The number of nitriles is 1. The quantitative estimate of drug-likeness (QED) is 0.805. The maximum Gasteiger partial charge on any atom is 0.101 e. The molecule has 0 amide bonds. The lowest BCUT2D eigenvalue weighted by molar-refractivity contribution is 0.592. The van der Waals surface area contributed by atoms with E-state index in [4.69, 9.17) is 0 Å². The van der Waals surface area contributed by atoms with Crippen LogP contribution in [-0.2, 0) is 5.41 Å². The molecule has 20 heavy (non-hydrogen) atoms. The number of hydrogen-bond donors (Lipinski definition) is 1. The van der Waals surface area contributed by atoms with Crippen molar-refractivity contribution in [3.63, 3.8) is 0 Å². The Morgan fingerprint density at radius 3 is 2.40 bits per heavy atom. The summed E-state index contributed by atoms with van der Waals surface area (Å²) in [6.07, 6.45) is 0. The van der Waals surface area contributed by atoms with Gasteiger partial charge in [0.25, 0.3) is 0 Å². The summed E-state index contributed by atoms with van der Waals surface area (Å²) < 4.78 is 0.906. The van der Waals surface area contributed by atoms with Crippen LogP contribution in [-0.4, -0.2) is 0 Å². The monoisotopic (exact) mass is 328 g/mol. The maximum atomic E-state index is 9.24. The van der Waals surface area contributed by atoms with Crippen molar-refractivity contribution in [2.24, 2.45) is 0 Å². The summed E-state index contributed by atoms with van der Waals surface area (Å²) in [5, 5.41) is 12.6. The van der Waals surface area contributed by atoms with Crippen molar-refractivity contribution < 1.29 is 0 Å². The van der Waals surface area contributed by atoms with E-state index >= 15 is 0 Å². The molecule has 0 atom stereocenters. The second-order valence-corrected chi connectivity index (χ2v) is 6.64. The van der Waals surface area contributed by atoms with E-state index in [1.54, 1.807) is 0 Å². The Morgan fingerprint density at radius 2 is 1.75 bits per heavy atom. The Kier molecular flexibility index (Phi) is 4.15. The lowest BCUT2D eigenvalue weighted by Crippen LogP contribution is -2.13. The highest BCUT2D eigenvalue weighted by molar-refractivity contribution is 9.10. The zero-order chi connectivity index (χ0) is 14.8. The summed E-state index contributed by atoms with van der Waals surface area (Å²) in [5.41, 5.74) is 3.77. The Labute approximate surface area is 128 Å². The third-order valence-electron chi connectivity index (χ3n) is 3.11. The zero-order valence-electron chi connectivity index (χ0n) is 11.9. The Morgan fingerprint density at radius 1 is 1.05 bits per heavy atom. The van der Waals surface area contributed by atoms with E-state index in [0.29, 0.717) is 5.56 Å². The lowest BCUT2D eigenvalue weighted by atomic mass is 9.85. The van der Waals surface area contributed by atoms with Crippen molar-refractivity contribution in [1.82, 2.24) is 0 Å². The van der Waals surface area contributed by atoms with Gasteiger partial charge in [0, 0.05) is 10.2 Å². The van der Waals surface area contributed by atoms with Crippen molar-refractivity contribution in [2.75, 3.05) is 5.32 Å². The zero-order valence-corrected chi connectivity index (χ0v) is 13.5. The van der Waals surface area contributed by atoms with Gasteiger partial charge < -0.3 is 5.32 Å². The first-order chi connectivity index (χ1) is 9.41. The van der Waals surface area contributed by atoms with Crippen molar-refractivity contribution in [3.8, 4) is 6.07 Å². The van der Waals surface area contributed by atoms with Gasteiger partial charge in [-0.05, 0) is 35.2 Å². The molecular weight excluding hydrogens is 312 g/mol. The lowest BCUT2D eigenvalue weighted by Gasteiger charge is -2.23. The molecule has 0 saturated carbocycles. The number of benzene rings is 2. The highest BCUT2D eigenvalue weighted by Crippen LogP contribution is 2.32. The van der Waals surface area contributed by atoms with Gasteiger partial charge in [0.2, 0.25) is 0 Å². The van der Waals surface area contributed by atoms with Gasteiger partial charge in [-0.3, -0.25) is 0 Å². The first kappa shape index (κ1) is 14.6. The molecule has 0 heterocycles. The third-order valence-corrected chi connectivity index (χ3v) is 3.60.